The lowest BCUT2D eigenvalue weighted by Crippen LogP contribution is -2.50. The first kappa shape index (κ1) is 18.5. The lowest BCUT2D eigenvalue weighted by molar-refractivity contribution is -0.131. The topological polar surface area (TPSA) is 57.8 Å². The van der Waals surface area contributed by atoms with Crippen molar-refractivity contribution < 1.29 is 14.3 Å². The first-order valence-corrected chi connectivity index (χ1v) is 10.1. The first-order chi connectivity index (χ1) is 13.2. The second-order valence-electron chi connectivity index (χ2n) is 7.52. The Hall–Kier alpha value is -1.89. The van der Waals surface area contributed by atoms with Crippen molar-refractivity contribution >= 4 is 16.9 Å². The molecule has 2 bridgehead atoms. The highest BCUT2D eigenvalue weighted by Gasteiger charge is 2.33. The highest BCUT2D eigenvalue weighted by atomic mass is 16.5. The molecule has 3 aliphatic heterocycles. The van der Waals surface area contributed by atoms with E-state index in [1.807, 2.05) is 24.4 Å². The normalized spacial score (nSPS) is 23.1. The van der Waals surface area contributed by atoms with Crippen molar-refractivity contribution in [2.45, 2.75) is 51.7 Å². The van der Waals surface area contributed by atoms with Gasteiger partial charge in [0.15, 0.2) is 0 Å². The lowest BCUT2D eigenvalue weighted by atomic mass is 10.1. The van der Waals surface area contributed by atoms with Gasteiger partial charge in [0, 0.05) is 49.7 Å². The summed E-state index contributed by atoms with van der Waals surface area (Å²) in [6.45, 7) is 7.53. The molecular weight excluding hydrogens is 342 g/mol. The van der Waals surface area contributed by atoms with E-state index < -0.39 is 0 Å². The van der Waals surface area contributed by atoms with Crippen molar-refractivity contribution in [1.82, 2.24) is 15.0 Å². The minimum absolute atomic E-state index is 0.287. The minimum Gasteiger partial charge on any atom is -0.426 e. The molecule has 0 spiro atoms. The standard InChI is InChI=1S/C21H29N3O3/c1-3-23(24-12-10-18-8-7-17(24)14-26-18)11-9-16-13-22-19-5-4-6-20(21(16)19)27-15(2)25/h4-6,13,17-18,22H,3,7-12,14H2,1-2H3/t17-,18?/m1/s1. The summed E-state index contributed by atoms with van der Waals surface area (Å²) in [5.41, 5.74) is 2.20. The maximum atomic E-state index is 11.5. The second-order valence-corrected chi connectivity index (χ2v) is 7.52. The van der Waals surface area contributed by atoms with Crippen LogP contribution in [0.1, 0.15) is 38.7 Å². The molecule has 1 N–H and O–H groups in total. The van der Waals surface area contributed by atoms with E-state index in [4.69, 9.17) is 9.47 Å². The summed E-state index contributed by atoms with van der Waals surface area (Å²) in [4.78, 5) is 14.8. The van der Waals surface area contributed by atoms with Gasteiger partial charge in [-0.25, -0.2) is 10.0 Å². The lowest BCUT2D eigenvalue weighted by Gasteiger charge is -2.39. The quantitative estimate of drug-likeness (QED) is 0.625. The van der Waals surface area contributed by atoms with Gasteiger partial charge in [0.05, 0.1) is 12.7 Å². The summed E-state index contributed by atoms with van der Waals surface area (Å²) < 4.78 is 11.4. The van der Waals surface area contributed by atoms with Crippen LogP contribution in [0, 0.1) is 0 Å². The maximum absolute atomic E-state index is 11.5. The summed E-state index contributed by atoms with van der Waals surface area (Å²) >= 11 is 0. The van der Waals surface area contributed by atoms with E-state index in [1.54, 1.807) is 0 Å². The zero-order chi connectivity index (χ0) is 18.8. The number of esters is 1. The Morgan fingerprint density at radius 2 is 2.26 bits per heavy atom. The summed E-state index contributed by atoms with van der Waals surface area (Å²) in [7, 11) is 0. The van der Waals surface area contributed by atoms with Gasteiger partial charge in [0.1, 0.15) is 5.75 Å². The molecule has 3 saturated heterocycles. The van der Waals surface area contributed by atoms with Gasteiger partial charge in [-0.15, -0.1) is 0 Å². The van der Waals surface area contributed by atoms with Gasteiger partial charge in [-0.05, 0) is 43.4 Å². The molecule has 6 heteroatoms. The molecule has 146 valence electrons. The number of aromatic amines is 1. The molecule has 0 radical (unpaired) electrons. The number of rotatable bonds is 6. The van der Waals surface area contributed by atoms with Crippen LogP contribution in [0.3, 0.4) is 0 Å². The Kier molecular flexibility index (Phi) is 5.48. The predicted octanol–water partition coefficient (Wildman–Crippen LogP) is 3.13. The van der Waals surface area contributed by atoms with Crippen molar-refractivity contribution in [2.24, 2.45) is 0 Å². The summed E-state index contributed by atoms with van der Waals surface area (Å²) in [5.74, 6) is 0.353. The largest absolute Gasteiger partial charge is 0.426 e. The average Bonchev–Trinajstić information content (AvgIpc) is 2.85. The Balaban J connectivity index is 1.51. The number of hydrazine groups is 1. The molecule has 5 rings (SSSR count). The number of carbonyl (C=O) groups excluding carboxylic acids is 1. The van der Waals surface area contributed by atoms with Gasteiger partial charge in [-0.3, -0.25) is 4.79 Å². The molecule has 1 aromatic carbocycles. The van der Waals surface area contributed by atoms with Crippen LogP contribution in [0.25, 0.3) is 10.9 Å². The summed E-state index contributed by atoms with van der Waals surface area (Å²) in [6, 6.07) is 6.30. The maximum Gasteiger partial charge on any atom is 0.308 e. The number of hydrogen-bond donors (Lipinski definition) is 1. The monoisotopic (exact) mass is 371 g/mol. The number of nitrogens with one attached hydrogen (secondary N) is 1. The molecule has 0 saturated carbocycles. The van der Waals surface area contributed by atoms with Crippen LogP contribution >= 0.6 is 0 Å². The number of fused-ring (bicyclic) bond motifs is 5. The van der Waals surface area contributed by atoms with Crippen LogP contribution in [0.5, 0.6) is 5.75 Å². The Labute approximate surface area is 160 Å². The van der Waals surface area contributed by atoms with Crippen LogP contribution in [0.15, 0.2) is 24.4 Å². The van der Waals surface area contributed by atoms with Gasteiger partial charge in [0.2, 0.25) is 0 Å². The number of hydrogen-bond acceptors (Lipinski definition) is 5. The molecule has 0 amide bonds. The van der Waals surface area contributed by atoms with Crippen LogP contribution in [0.4, 0.5) is 0 Å². The average molecular weight is 371 g/mol. The molecule has 3 aliphatic rings. The van der Waals surface area contributed by atoms with Crippen molar-refractivity contribution in [3.8, 4) is 5.75 Å². The zero-order valence-electron chi connectivity index (χ0n) is 16.2. The predicted molar refractivity (Wildman–Crippen MR) is 105 cm³/mol. The molecule has 27 heavy (non-hydrogen) atoms. The van der Waals surface area contributed by atoms with E-state index in [2.05, 4.69) is 21.9 Å². The van der Waals surface area contributed by atoms with E-state index in [9.17, 15) is 4.79 Å². The SMILES string of the molecule is CCN(CCc1c[nH]c2cccc(OC(C)=O)c12)N1CCC2CC[C@@H]1CO2. The third-order valence-corrected chi connectivity index (χ3v) is 5.82. The van der Waals surface area contributed by atoms with Gasteiger partial charge >= 0.3 is 5.97 Å². The molecule has 1 unspecified atom stereocenters. The Morgan fingerprint density at radius 3 is 3.00 bits per heavy atom. The Morgan fingerprint density at radius 1 is 1.37 bits per heavy atom. The van der Waals surface area contributed by atoms with Crippen molar-refractivity contribution in [2.75, 3.05) is 26.2 Å². The molecular formula is C21H29N3O3. The number of carbonyl (C=O) groups is 1. The third kappa shape index (κ3) is 3.88. The molecule has 6 nitrogen and oxygen atoms in total. The van der Waals surface area contributed by atoms with E-state index >= 15 is 0 Å². The molecule has 1 aromatic heterocycles. The summed E-state index contributed by atoms with van der Waals surface area (Å²) in [5, 5.41) is 6.02. The second kappa shape index (κ2) is 8.00. The number of H-pyrrole nitrogens is 1. The number of nitrogens with zero attached hydrogens (tertiary/aromatic N) is 2. The Bertz CT molecular complexity index is 795. The highest BCUT2D eigenvalue weighted by Crippen LogP contribution is 2.30. The summed E-state index contributed by atoms with van der Waals surface area (Å²) in [6.07, 6.45) is 6.93. The van der Waals surface area contributed by atoms with Gasteiger partial charge in [-0.2, -0.15) is 0 Å². The molecule has 0 aliphatic carbocycles. The van der Waals surface area contributed by atoms with Crippen molar-refractivity contribution in [3.63, 3.8) is 0 Å². The molecule has 4 heterocycles. The van der Waals surface area contributed by atoms with E-state index in [0.29, 0.717) is 17.9 Å². The fourth-order valence-corrected chi connectivity index (χ4v) is 4.46. The third-order valence-electron chi connectivity index (χ3n) is 5.82. The fourth-order valence-electron chi connectivity index (χ4n) is 4.46. The van der Waals surface area contributed by atoms with E-state index in [-0.39, 0.29) is 5.97 Å². The zero-order valence-corrected chi connectivity index (χ0v) is 16.2. The highest BCUT2D eigenvalue weighted by molar-refractivity contribution is 5.91. The number of ether oxygens (including phenoxy) is 2. The van der Waals surface area contributed by atoms with Crippen molar-refractivity contribution in [1.29, 1.82) is 0 Å². The number of likely N-dealkylation sites (N-methyl/N-ethyl adjacent to an activating group) is 1. The molecule has 2 aromatic rings. The van der Waals surface area contributed by atoms with E-state index in [0.717, 1.165) is 50.0 Å². The van der Waals surface area contributed by atoms with Crippen LogP contribution < -0.4 is 4.74 Å². The van der Waals surface area contributed by atoms with Gasteiger partial charge in [0.25, 0.3) is 0 Å². The molecule has 2 atom stereocenters. The fraction of sp³-hybridized carbons (Fsp3) is 0.571. The van der Waals surface area contributed by atoms with Crippen LogP contribution in [-0.4, -0.2) is 59.4 Å². The van der Waals surface area contributed by atoms with Crippen molar-refractivity contribution in [3.05, 3.63) is 30.0 Å². The molecule has 3 fully saturated rings. The first-order valence-electron chi connectivity index (χ1n) is 10.1. The smallest absolute Gasteiger partial charge is 0.308 e. The van der Waals surface area contributed by atoms with Crippen LogP contribution in [0.2, 0.25) is 0 Å². The number of aromatic nitrogens is 1. The van der Waals surface area contributed by atoms with E-state index in [1.165, 1.54) is 25.3 Å². The van der Waals surface area contributed by atoms with Gasteiger partial charge < -0.3 is 14.5 Å². The minimum atomic E-state index is -0.287. The number of benzene rings is 1. The van der Waals surface area contributed by atoms with Gasteiger partial charge in [-0.1, -0.05) is 13.0 Å². The van der Waals surface area contributed by atoms with Crippen LogP contribution in [-0.2, 0) is 16.0 Å².